The van der Waals surface area contributed by atoms with Crippen LogP contribution < -0.4 is 10.9 Å². The summed E-state index contributed by atoms with van der Waals surface area (Å²) >= 11 is 0. The summed E-state index contributed by atoms with van der Waals surface area (Å²) in [4.78, 5) is 14.4. The van der Waals surface area contributed by atoms with E-state index >= 15 is 0 Å². The minimum Gasteiger partial charge on any atom is -0.354 e. The molecule has 0 saturated carbocycles. The predicted molar refractivity (Wildman–Crippen MR) is 64.7 cm³/mol. The molecule has 1 heterocycles. The van der Waals surface area contributed by atoms with Crippen molar-refractivity contribution in [3.8, 4) is 0 Å². The highest BCUT2D eigenvalue weighted by atomic mass is 16.1. The monoisotopic (exact) mass is 224 g/mol. The SMILES string of the molecule is CC(C)CNc1nnc(C(C)(C)C)c(=O)[nH]1. The van der Waals surface area contributed by atoms with Gasteiger partial charge in [0.2, 0.25) is 5.95 Å². The van der Waals surface area contributed by atoms with Crippen LogP contribution in [0.3, 0.4) is 0 Å². The molecule has 16 heavy (non-hydrogen) atoms. The maximum Gasteiger partial charge on any atom is 0.274 e. The van der Waals surface area contributed by atoms with Gasteiger partial charge in [-0.3, -0.25) is 9.78 Å². The zero-order valence-corrected chi connectivity index (χ0v) is 10.6. The fourth-order valence-corrected chi connectivity index (χ4v) is 1.21. The van der Waals surface area contributed by atoms with Gasteiger partial charge in [-0.25, -0.2) is 0 Å². The first-order valence-electron chi connectivity index (χ1n) is 5.52. The Morgan fingerprint density at radius 2 is 1.94 bits per heavy atom. The summed E-state index contributed by atoms with van der Waals surface area (Å²) in [6.45, 7) is 10.7. The van der Waals surface area contributed by atoms with Gasteiger partial charge >= 0.3 is 0 Å². The Hall–Kier alpha value is -1.39. The molecule has 0 bridgehead atoms. The summed E-state index contributed by atoms with van der Waals surface area (Å²) in [5.41, 5.74) is 0.00770. The summed E-state index contributed by atoms with van der Waals surface area (Å²) in [7, 11) is 0. The lowest BCUT2D eigenvalue weighted by Crippen LogP contribution is -2.28. The van der Waals surface area contributed by atoms with E-state index in [1.54, 1.807) is 0 Å². The van der Waals surface area contributed by atoms with E-state index in [0.717, 1.165) is 6.54 Å². The molecule has 0 unspecified atom stereocenters. The third-order valence-electron chi connectivity index (χ3n) is 2.09. The van der Waals surface area contributed by atoms with Gasteiger partial charge in [-0.15, -0.1) is 10.2 Å². The summed E-state index contributed by atoms with van der Waals surface area (Å²) in [5, 5.41) is 11.0. The molecule has 0 atom stereocenters. The molecule has 0 saturated heterocycles. The first kappa shape index (κ1) is 12.7. The lowest BCUT2D eigenvalue weighted by Gasteiger charge is -2.15. The molecular formula is C11H20N4O. The van der Waals surface area contributed by atoms with Crippen molar-refractivity contribution >= 4 is 5.95 Å². The highest BCUT2D eigenvalue weighted by Crippen LogP contribution is 2.15. The van der Waals surface area contributed by atoms with E-state index in [1.165, 1.54) is 0 Å². The fraction of sp³-hybridized carbons (Fsp3) is 0.727. The van der Waals surface area contributed by atoms with Crippen molar-refractivity contribution in [1.82, 2.24) is 15.2 Å². The van der Waals surface area contributed by atoms with Crippen LogP contribution in [0.2, 0.25) is 0 Å². The summed E-state index contributed by atoms with van der Waals surface area (Å²) in [5.74, 6) is 0.930. The zero-order chi connectivity index (χ0) is 12.3. The maximum atomic E-state index is 11.7. The van der Waals surface area contributed by atoms with Gasteiger partial charge in [-0.2, -0.15) is 0 Å². The van der Waals surface area contributed by atoms with Gasteiger partial charge in [0.05, 0.1) is 0 Å². The van der Waals surface area contributed by atoms with Crippen LogP contribution in [0.15, 0.2) is 4.79 Å². The van der Waals surface area contributed by atoms with Crippen LogP contribution in [-0.2, 0) is 5.41 Å². The molecule has 0 amide bonds. The number of H-pyrrole nitrogens is 1. The average molecular weight is 224 g/mol. The Morgan fingerprint density at radius 3 is 2.38 bits per heavy atom. The number of nitrogens with zero attached hydrogens (tertiary/aromatic N) is 2. The molecule has 0 spiro atoms. The molecule has 0 aliphatic heterocycles. The number of aromatic amines is 1. The minimum absolute atomic E-state index is 0.172. The number of hydrogen-bond donors (Lipinski definition) is 2. The van der Waals surface area contributed by atoms with Crippen molar-refractivity contribution in [2.75, 3.05) is 11.9 Å². The van der Waals surface area contributed by atoms with Crippen LogP contribution in [-0.4, -0.2) is 21.7 Å². The van der Waals surface area contributed by atoms with Crippen LogP contribution in [0.1, 0.15) is 40.3 Å². The first-order chi connectivity index (χ1) is 7.30. The molecule has 0 radical (unpaired) electrons. The quantitative estimate of drug-likeness (QED) is 0.816. The smallest absolute Gasteiger partial charge is 0.274 e. The Kier molecular flexibility index (Phi) is 3.67. The van der Waals surface area contributed by atoms with E-state index in [9.17, 15) is 4.79 Å². The van der Waals surface area contributed by atoms with Gasteiger partial charge in [-0.1, -0.05) is 34.6 Å². The molecule has 0 aliphatic rings. The third-order valence-corrected chi connectivity index (χ3v) is 2.09. The topological polar surface area (TPSA) is 70.7 Å². The molecule has 5 heteroatoms. The molecule has 5 nitrogen and oxygen atoms in total. The summed E-state index contributed by atoms with van der Waals surface area (Å²) < 4.78 is 0. The van der Waals surface area contributed by atoms with Gasteiger partial charge in [0.15, 0.2) is 0 Å². The van der Waals surface area contributed by atoms with Crippen LogP contribution in [0, 0.1) is 5.92 Å². The molecular weight excluding hydrogens is 204 g/mol. The second-order valence-corrected chi connectivity index (χ2v) is 5.38. The zero-order valence-electron chi connectivity index (χ0n) is 10.6. The Labute approximate surface area is 95.7 Å². The number of anilines is 1. The molecule has 2 N–H and O–H groups in total. The molecule has 90 valence electrons. The average Bonchev–Trinajstić information content (AvgIpc) is 2.12. The minimum atomic E-state index is -0.281. The van der Waals surface area contributed by atoms with Crippen molar-refractivity contribution in [1.29, 1.82) is 0 Å². The summed E-state index contributed by atoms with van der Waals surface area (Å²) in [6.07, 6.45) is 0. The van der Waals surface area contributed by atoms with Gasteiger partial charge < -0.3 is 5.32 Å². The van der Waals surface area contributed by atoms with E-state index in [0.29, 0.717) is 17.6 Å². The van der Waals surface area contributed by atoms with E-state index < -0.39 is 0 Å². The molecule has 1 aromatic heterocycles. The van der Waals surface area contributed by atoms with Gasteiger partial charge in [0.1, 0.15) is 5.69 Å². The fourth-order valence-electron chi connectivity index (χ4n) is 1.21. The normalized spacial score (nSPS) is 11.9. The molecule has 0 fully saturated rings. The van der Waals surface area contributed by atoms with Crippen molar-refractivity contribution < 1.29 is 0 Å². The van der Waals surface area contributed by atoms with Crippen LogP contribution in [0.5, 0.6) is 0 Å². The Morgan fingerprint density at radius 1 is 1.31 bits per heavy atom. The lowest BCUT2D eigenvalue weighted by atomic mass is 9.93. The third kappa shape index (κ3) is 3.32. The first-order valence-corrected chi connectivity index (χ1v) is 5.52. The molecule has 1 rings (SSSR count). The standard InChI is InChI=1S/C11H20N4O/c1-7(2)6-12-10-13-9(16)8(14-15-10)11(3,4)5/h7H,6H2,1-5H3,(H2,12,13,15,16). The Balaban J connectivity index is 2.88. The second-order valence-electron chi connectivity index (χ2n) is 5.38. The van der Waals surface area contributed by atoms with E-state index in [2.05, 4.69) is 34.3 Å². The lowest BCUT2D eigenvalue weighted by molar-refractivity contribution is 0.546. The molecule has 0 aliphatic carbocycles. The van der Waals surface area contributed by atoms with Crippen LogP contribution in [0.4, 0.5) is 5.95 Å². The second kappa shape index (κ2) is 4.63. The van der Waals surface area contributed by atoms with Crippen molar-refractivity contribution in [2.45, 2.75) is 40.0 Å². The van der Waals surface area contributed by atoms with Crippen LogP contribution in [0.25, 0.3) is 0 Å². The maximum absolute atomic E-state index is 11.7. The number of hydrogen-bond acceptors (Lipinski definition) is 4. The van der Waals surface area contributed by atoms with E-state index in [4.69, 9.17) is 0 Å². The Bertz CT molecular complexity index is 403. The number of nitrogens with one attached hydrogen (secondary N) is 2. The summed E-state index contributed by atoms with van der Waals surface area (Å²) in [6, 6.07) is 0. The van der Waals surface area contributed by atoms with E-state index in [-0.39, 0.29) is 11.0 Å². The number of aromatic nitrogens is 3. The van der Waals surface area contributed by atoms with E-state index in [1.807, 2.05) is 20.8 Å². The predicted octanol–water partition coefficient (Wildman–Crippen LogP) is 1.53. The van der Waals surface area contributed by atoms with Crippen molar-refractivity contribution in [3.05, 3.63) is 16.0 Å². The van der Waals surface area contributed by atoms with Gasteiger partial charge in [0, 0.05) is 12.0 Å². The van der Waals surface area contributed by atoms with Crippen molar-refractivity contribution in [3.63, 3.8) is 0 Å². The highest BCUT2D eigenvalue weighted by molar-refractivity contribution is 5.22. The molecule has 1 aromatic rings. The highest BCUT2D eigenvalue weighted by Gasteiger charge is 2.20. The van der Waals surface area contributed by atoms with Gasteiger partial charge in [0.25, 0.3) is 5.56 Å². The largest absolute Gasteiger partial charge is 0.354 e. The van der Waals surface area contributed by atoms with Crippen LogP contribution >= 0.6 is 0 Å². The van der Waals surface area contributed by atoms with Gasteiger partial charge in [-0.05, 0) is 5.92 Å². The van der Waals surface area contributed by atoms with Crippen molar-refractivity contribution in [2.24, 2.45) is 5.92 Å². The number of rotatable bonds is 3. The molecule has 0 aromatic carbocycles.